The molecule has 1 N–H and O–H groups in total. The van der Waals surface area contributed by atoms with Gasteiger partial charge in [-0.05, 0) is 49.7 Å². The number of aliphatic hydroxyl groups is 1. The van der Waals surface area contributed by atoms with Crippen LogP contribution in [-0.4, -0.2) is 53.7 Å². The summed E-state index contributed by atoms with van der Waals surface area (Å²) in [5.41, 5.74) is 4.26. The minimum Gasteiger partial charge on any atom is -0.493 e. The van der Waals surface area contributed by atoms with E-state index in [4.69, 9.17) is 9.47 Å². The highest BCUT2D eigenvalue weighted by Crippen LogP contribution is 2.30. The summed E-state index contributed by atoms with van der Waals surface area (Å²) < 4.78 is 10.5. The van der Waals surface area contributed by atoms with E-state index in [0.717, 1.165) is 16.9 Å². The summed E-state index contributed by atoms with van der Waals surface area (Å²) in [5.74, 6) is 0.902. The highest BCUT2D eigenvalue weighted by Gasteiger charge is 2.19. The van der Waals surface area contributed by atoms with Crippen LogP contribution in [0.15, 0.2) is 36.4 Å². The largest absolute Gasteiger partial charge is 0.493 e. The van der Waals surface area contributed by atoms with E-state index in [1.54, 1.807) is 50.6 Å². The van der Waals surface area contributed by atoms with Crippen molar-refractivity contribution in [2.75, 3.05) is 27.8 Å². The van der Waals surface area contributed by atoms with Crippen LogP contribution in [-0.2, 0) is 0 Å². The summed E-state index contributed by atoms with van der Waals surface area (Å²) in [6.07, 6.45) is -0.867. The van der Waals surface area contributed by atoms with Crippen LogP contribution in [0.1, 0.15) is 33.4 Å². The van der Waals surface area contributed by atoms with Gasteiger partial charge in [-0.15, -0.1) is 0 Å². The Bertz CT molecular complexity index is 1050. The van der Waals surface area contributed by atoms with Crippen molar-refractivity contribution in [3.8, 4) is 11.5 Å². The van der Waals surface area contributed by atoms with Crippen molar-refractivity contribution in [1.29, 1.82) is 0 Å². The molecule has 1 amide bonds. The Morgan fingerprint density at radius 3 is 2.31 bits per heavy atom. The van der Waals surface area contributed by atoms with E-state index in [1.165, 1.54) is 12.0 Å². The lowest BCUT2D eigenvalue weighted by Crippen LogP contribution is -2.31. The van der Waals surface area contributed by atoms with E-state index < -0.39 is 6.10 Å². The van der Waals surface area contributed by atoms with E-state index in [1.807, 2.05) is 13.8 Å². The first kappa shape index (κ1) is 20.5. The molecule has 3 aromatic rings. The van der Waals surface area contributed by atoms with Gasteiger partial charge in [0.05, 0.1) is 49.3 Å². The predicted octanol–water partition coefficient (Wildman–Crippen LogP) is 3.07. The first-order valence-electron chi connectivity index (χ1n) is 9.24. The van der Waals surface area contributed by atoms with Crippen molar-refractivity contribution in [1.82, 2.24) is 14.9 Å². The van der Waals surface area contributed by atoms with Gasteiger partial charge in [0.15, 0.2) is 11.5 Å². The van der Waals surface area contributed by atoms with Crippen molar-refractivity contribution in [3.05, 3.63) is 58.9 Å². The van der Waals surface area contributed by atoms with Gasteiger partial charge in [-0.1, -0.05) is 6.07 Å². The Morgan fingerprint density at radius 1 is 1.00 bits per heavy atom. The fraction of sp³-hybridized carbons (Fsp3) is 0.318. The molecule has 0 fully saturated rings. The van der Waals surface area contributed by atoms with Gasteiger partial charge in [0.1, 0.15) is 0 Å². The molecule has 0 spiro atoms. The maximum absolute atomic E-state index is 12.9. The van der Waals surface area contributed by atoms with Crippen LogP contribution in [0.5, 0.6) is 11.5 Å². The summed E-state index contributed by atoms with van der Waals surface area (Å²) in [6.45, 7) is 3.93. The molecule has 1 atom stereocenters. The minimum absolute atomic E-state index is 0.130. The maximum atomic E-state index is 12.9. The fourth-order valence-electron chi connectivity index (χ4n) is 3.09. The summed E-state index contributed by atoms with van der Waals surface area (Å²) in [4.78, 5) is 23.3. The van der Waals surface area contributed by atoms with E-state index in [9.17, 15) is 9.90 Å². The number of aliphatic hydroxyl groups excluding tert-OH is 1. The van der Waals surface area contributed by atoms with Crippen molar-refractivity contribution in [2.45, 2.75) is 20.0 Å². The highest BCUT2D eigenvalue weighted by molar-refractivity contribution is 5.97. The lowest BCUT2D eigenvalue weighted by atomic mass is 10.1. The number of amides is 1. The van der Waals surface area contributed by atoms with Gasteiger partial charge < -0.3 is 19.5 Å². The zero-order chi connectivity index (χ0) is 21.1. The zero-order valence-corrected chi connectivity index (χ0v) is 17.3. The number of hydrogen-bond donors (Lipinski definition) is 1. The molecule has 3 rings (SSSR count). The Morgan fingerprint density at radius 2 is 1.66 bits per heavy atom. The minimum atomic E-state index is -0.867. The molecule has 1 heterocycles. The third kappa shape index (κ3) is 4.30. The first-order valence-corrected chi connectivity index (χ1v) is 9.24. The van der Waals surface area contributed by atoms with Crippen LogP contribution in [0.4, 0.5) is 0 Å². The lowest BCUT2D eigenvalue weighted by Gasteiger charge is -2.22. The molecule has 0 aliphatic rings. The van der Waals surface area contributed by atoms with Crippen molar-refractivity contribution < 1.29 is 19.4 Å². The topological polar surface area (TPSA) is 84.8 Å². The van der Waals surface area contributed by atoms with Crippen LogP contribution < -0.4 is 9.47 Å². The average Bonchev–Trinajstić information content (AvgIpc) is 2.73. The number of benzene rings is 2. The third-order valence-electron chi connectivity index (χ3n) is 4.91. The molecule has 0 aliphatic carbocycles. The molecule has 2 aromatic carbocycles. The second-order valence-corrected chi connectivity index (χ2v) is 6.91. The molecule has 152 valence electrons. The fourth-order valence-corrected chi connectivity index (χ4v) is 3.09. The van der Waals surface area contributed by atoms with Gasteiger partial charge in [-0.3, -0.25) is 4.79 Å². The predicted molar refractivity (Wildman–Crippen MR) is 110 cm³/mol. The summed E-state index contributed by atoms with van der Waals surface area (Å²) in [6, 6.07) is 10.4. The number of aromatic nitrogens is 2. The Hall–Kier alpha value is -3.19. The van der Waals surface area contributed by atoms with Crippen LogP contribution in [0.3, 0.4) is 0 Å². The number of ether oxygens (including phenoxy) is 2. The monoisotopic (exact) mass is 395 g/mol. The molecule has 29 heavy (non-hydrogen) atoms. The number of carbonyl (C=O) groups excluding carboxylic acids is 1. The first-order chi connectivity index (χ1) is 13.8. The molecular weight excluding hydrogens is 370 g/mol. The van der Waals surface area contributed by atoms with E-state index in [2.05, 4.69) is 9.97 Å². The number of fused-ring (bicyclic) bond motifs is 1. The summed E-state index contributed by atoms with van der Waals surface area (Å²) in [5, 5.41) is 10.6. The van der Waals surface area contributed by atoms with Crippen LogP contribution in [0.2, 0.25) is 0 Å². The molecule has 1 unspecified atom stereocenters. The average molecular weight is 395 g/mol. The number of rotatable bonds is 6. The molecule has 0 saturated heterocycles. The molecule has 0 radical (unpaired) electrons. The number of likely N-dealkylation sites (N-methyl/N-ethyl adjacent to an activating group) is 1. The van der Waals surface area contributed by atoms with Crippen LogP contribution in [0, 0.1) is 13.8 Å². The number of hydrogen-bond acceptors (Lipinski definition) is 6. The molecule has 0 aliphatic heterocycles. The Labute approximate surface area is 169 Å². The Kier molecular flexibility index (Phi) is 5.98. The SMILES string of the molecule is COc1ccc(C(O)CN(C)C(=O)c2ccc3nc(C)c(C)nc3c2)cc1OC. The molecule has 7 heteroatoms. The van der Waals surface area contributed by atoms with Crippen molar-refractivity contribution >= 4 is 16.9 Å². The zero-order valence-electron chi connectivity index (χ0n) is 17.3. The number of methoxy groups -OCH3 is 2. The summed E-state index contributed by atoms with van der Waals surface area (Å²) >= 11 is 0. The van der Waals surface area contributed by atoms with E-state index in [-0.39, 0.29) is 12.5 Å². The normalized spacial score (nSPS) is 11.9. The smallest absolute Gasteiger partial charge is 0.253 e. The van der Waals surface area contributed by atoms with Gasteiger partial charge in [0.25, 0.3) is 5.91 Å². The molecular formula is C22H25N3O4. The second kappa shape index (κ2) is 8.45. The quantitative estimate of drug-likeness (QED) is 0.690. The highest BCUT2D eigenvalue weighted by atomic mass is 16.5. The number of aryl methyl sites for hydroxylation is 2. The molecule has 0 bridgehead atoms. The van der Waals surface area contributed by atoms with Gasteiger partial charge in [-0.2, -0.15) is 0 Å². The van der Waals surface area contributed by atoms with Gasteiger partial charge >= 0.3 is 0 Å². The molecule has 0 saturated carbocycles. The van der Waals surface area contributed by atoms with Crippen LogP contribution in [0.25, 0.3) is 11.0 Å². The molecule has 1 aromatic heterocycles. The molecule has 7 nitrogen and oxygen atoms in total. The van der Waals surface area contributed by atoms with Crippen molar-refractivity contribution in [3.63, 3.8) is 0 Å². The lowest BCUT2D eigenvalue weighted by molar-refractivity contribution is 0.0681. The second-order valence-electron chi connectivity index (χ2n) is 6.91. The standard InChI is InChI=1S/C22H25N3O4/c1-13-14(2)24-18-10-16(6-8-17(18)23-13)22(27)25(3)12-19(26)15-7-9-20(28-4)21(11-15)29-5/h6-11,19,26H,12H2,1-5H3. The van der Waals surface area contributed by atoms with E-state index in [0.29, 0.717) is 28.1 Å². The maximum Gasteiger partial charge on any atom is 0.253 e. The third-order valence-corrected chi connectivity index (χ3v) is 4.91. The number of carbonyl (C=O) groups is 1. The van der Waals surface area contributed by atoms with Gasteiger partial charge in [0, 0.05) is 12.6 Å². The summed E-state index contributed by atoms with van der Waals surface area (Å²) in [7, 11) is 4.75. The van der Waals surface area contributed by atoms with Gasteiger partial charge in [-0.25, -0.2) is 9.97 Å². The Balaban J connectivity index is 1.78. The van der Waals surface area contributed by atoms with Crippen LogP contribution >= 0.6 is 0 Å². The van der Waals surface area contributed by atoms with E-state index >= 15 is 0 Å². The van der Waals surface area contributed by atoms with Gasteiger partial charge in [0.2, 0.25) is 0 Å². The van der Waals surface area contributed by atoms with Crippen molar-refractivity contribution in [2.24, 2.45) is 0 Å². The number of nitrogens with zero attached hydrogens (tertiary/aromatic N) is 3.